The maximum Gasteiger partial charge on any atom is 0.253 e. The summed E-state index contributed by atoms with van der Waals surface area (Å²) in [5, 5.41) is 17.7. The second-order valence-electron chi connectivity index (χ2n) is 3.64. The highest BCUT2D eigenvalue weighted by Gasteiger charge is 2.16. The maximum absolute atomic E-state index is 11.9. The molecule has 1 unspecified atom stereocenters. The molecule has 4 nitrogen and oxygen atoms in total. The first-order chi connectivity index (χ1) is 7.60. The quantitative estimate of drug-likeness (QED) is 0.823. The molecule has 1 N–H and O–H groups in total. The van der Waals surface area contributed by atoms with E-state index in [4.69, 9.17) is 10.4 Å². The van der Waals surface area contributed by atoms with Crippen LogP contribution in [0.4, 0.5) is 0 Å². The second-order valence-corrected chi connectivity index (χ2v) is 3.64. The Balaban J connectivity index is 2.92. The van der Waals surface area contributed by atoms with Crippen molar-refractivity contribution in [3.05, 3.63) is 35.4 Å². The molecular formula is C12H14N2O2. The van der Waals surface area contributed by atoms with Crippen LogP contribution in [0.2, 0.25) is 0 Å². The molecule has 0 aromatic heterocycles. The number of nitrogens with zero attached hydrogens (tertiary/aromatic N) is 2. The summed E-state index contributed by atoms with van der Waals surface area (Å²) in [4.78, 5) is 13.4. The van der Waals surface area contributed by atoms with Crippen molar-refractivity contribution in [2.24, 2.45) is 0 Å². The Hall–Kier alpha value is -1.86. The minimum Gasteiger partial charge on any atom is -0.394 e. The van der Waals surface area contributed by atoms with Gasteiger partial charge in [-0.1, -0.05) is 6.07 Å². The van der Waals surface area contributed by atoms with E-state index in [-0.39, 0.29) is 18.6 Å². The Kier molecular flexibility index (Phi) is 4.03. The Bertz CT molecular complexity index is 423. The molecule has 0 aliphatic rings. The van der Waals surface area contributed by atoms with Gasteiger partial charge in [-0.05, 0) is 25.1 Å². The largest absolute Gasteiger partial charge is 0.394 e. The fourth-order valence-electron chi connectivity index (χ4n) is 1.25. The predicted octanol–water partition coefficient (Wildman–Crippen LogP) is 1.01. The molecule has 4 heteroatoms. The van der Waals surface area contributed by atoms with Crippen LogP contribution in [0.15, 0.2) is 24.3 Å². The number of carbonyl (C=O) groups excluding carboxylic acids is 1. The van der Waals surface area contributed by atoms with E-state index < -0.39 is 0 Å². The van der Waals surface area contributed by atoms with E-state index in [0.29, 0.717) is 11.1 Å². The number of likely N-dealkylation sites (N-methyl/N-ethyl adjacent to an activating group) is 1. The van der Waals surface area contributed by atoms with E-state index in [1.54, 1.807) is 38.2 Å². The molecule has 1 amide bonds. The van der Waals surface area contributed by atoms with Crippen LogP contribution < -0.4 is 0 Å². The Morgan fingerprint density at radius 3 is 2.88 bits per heavy atom. The fraction of sp³-hybridized carbons (Fsp3) is 0.333. The Labute approximate surface area is 94.7 Å². The van der Waals surface area contributed by atoms with Crippen molar-refractivity contribution >= 4 is 5.91 Å². The number of nitriles is 1. The third-order valence-corrected chi connectivity index (χ3v) is 2.48. The summed E-state index contributed by atoms with van der Waals surface area (Å²) < 4.78 is 0. The molecule has 16 heavy (non-hydrogen) atoms. The number of amides is 1. The van der Waals surface area contributed by atoms with E-state index in [2.05, 4.69) is 0 Å². The average molecular weight is 218 g/mol. The van der Waals surface area contributed by atoms with Crippen LogP contribution in [-0.2, 0) is 0 Å². The summed E-state index contributed by atoms with van der Waals surface area (Å²) in [6.45, 7) is 1.67. The Morgan fingerprint density at radius 2 is 2.31 bits per heavy atom. The highest BCUT2D eigenvalue weighted by Crippen LogP contribution is 2.08. The van der Waals surface area contributed by atoms with E-state index in [0.717, 1.165) is 0 Å². The van der Waals surface area contributed by atoms with Crippen LogP contribution in [0.3, 0.4) is 0 Å². The number of benzene rings is 1. The first kappa shape index (κ1) is 12.2. The van der Waals surface area contributed by atoms with Gasteiger partial charge in [-0.15, -0.1) is 0 Å². The monoisotopic (exact) mass is 218 g/mol. The lowest BCUT2D eigenvalue weighted by Gasteiger charge is -2.23. The van der Waals surface area contributed by atoms with Crippen LogP contribution >= 0.6 is 0 Å². The van der Waals surface area contributed by atoms with Crippen molar-refractivity contribution in [1.82, 2.24) is 4.90 Å². The molecule has 0 bridgehead atoms. The van der Waals surface area contributed by atoms with Gasteiger partial charge in [-0.3, -0.25) is 4.79 Å². The van der Waals surface area contributed by atoms with E-state index in [9.17, 15) is 4.79 Å². The molecule has 0 spiro atoms. The molecule has 0 radical (unpaired) electrons. The number of aliphatic hydroxyl groups excluding tert-OH is 1. The SMILES string of the molecule is CC(CO)N(C)C(=O)c1cccc(C#N)c1. The third-order valence-electron chi connectivity index (χ3n) is 2.48. The zero-order chi connectivity index (χ0) is 12.1. The minimum absolute atomic E-state index is 0.0832. The number of hydrogen-bond donors (Lipinski definition) is 1. The summed E-state index contributed by atoms with van der Waals surface area (Å²) in [5.41, 5.74) is 0.915. The lowest BCUT2D eigenvalue weighted by molar-refractivity contribution is 0.0682. The molecule has 84 valence electrons. The molecule has 0 fully saturated rings. The van der Waals surface area contributed by atoms with Crippen LogP contribution in [-0.4, -0.2) is 35.6 Å². The van der Waals surface area contributed by atoms with Crippen molar-refractivity contribution < 1.29 is 9.90 Å². The first-order valence-electron chi connectivity index (χ1n) is 4.98. The van der Waals surface area contributed by atoms with E-state index in [1.165, 1.54) is 4.90 Å². The molecule has 0 heterocycles. The highest BCUT2D eigenvalue weighted by atomic mass is 16.3. The van der Waals surface area contributed by atoms with Crippen LogP contribution in [0.1, 0.15) is 22.8 Å². The van der Waals surface area contributed by atoms with Crippen molar-refractivity contribution in [1.29, 1.82) is 5.26 Å². The van der Waals surface area contributed by atoms with Gasteiger partial charge >= 0.3 is 0 Å². The van der Waals surface area contributed by atoms with Crippen LogP contribution in [0.5, 0.6) is 0 Å². The van der Waals surface area contributed by atoms with E-state index in [1.807, 2.05) is 6.07 Å². The molecule has 0 saturated carbocycles. The van der Waals surface area contributed by atoms with Gasteiger partial charge in [0.2, 0.25) is 0 Å². The lowest BCUT2D eigenvalue weighted by Crippen LogP contribution is -2.37. The topological polar surface area (TPSA) is 64.3 Å². The van der Waals surface area contributed by atoms with Crippen molar-refractivity contribution in [3.63, 3.8) is 0 Å². The Morgan fingerprint density at radius 1 is 1.62 bits per heavy atom. The molecule has 1 rings (SSSR count). The van der Waals surface area contributed by atoms with Gasteiger partial charge in [-0.2, -0.15) is 5.26 Å². The minimum atomic E-state index is -0.238. The van der Waals surface area contributed by atoms with Crippen molar-refractivity contribution in [2.45, 2.75) is 13.0 Å². The fourth-order valence-corrected chi connectivity index (χ4v) is 1.25. The molecule has 1 atom stereocenters. The highest BCUT2D eigenvalue weighted by molar-refractivity contribution is 5.94. The van der Waals surface area contributed by atoms with Crippen molar-refractivity contribution in [3.8, 4) is 6.07 Å². The molecule has 0 aliphatic heterocycles. The number of carbonyl (C=O) groups is 1. The summed E-state index contributed by atoms with van der Waals surface area (Å²) in [5.74, 6) is -0.196. The standard InChI is InChI=1S/C12H14N2O2/c1-9(8-15)14(2)12(16)11-5-3-4-10(6-11)7-13/h3-6,9,15H,8H2,1-2H3. The van der Waals surface area contributed by atoms with Gasteiger partial charge in [0.15, 0.2) is 0 Å². The van der Waals surface area contributed by atoms with Crippen LogP contribution in [0.25, 0.3) is 0 Å². The van der Waals surface area contributed by atoms with E-state index >= 15 is 0 Å². The molecular weight excluding hydrogens is 204 g/mol. The number of aliphatic hydroxyl groups is 1. The van der Waals surface area contributed by atoms with Crippen molar-refractivity contribution in [2.75, 3.05) is 13.7 Å². The zero-order valence-electron chi connectivity index (χ0n) is 9.34. The summed E-state index contributed by atoms with van der Waals surface area (Å²) in [6, 6.07) is 8.26. The maximum atomic E-state index is 11.9. The molecule has 0 aliphatic carbocycles. The van der Waals surface area contributed by atoms with Gasteiger partial charge in [0.25, 0.3) is 5.91 Å². The number of rotatable bonds is 3. The van der Waals surface area contributed by atoms with Gasteiger partial charge < -0.3 is 10.0 Å². The average Bonchev–Trinajstić information content (AvgIpc) is 2.36. The smallest absolute Gasteiger partial charge is 0.253 e. The van der Waals surface area contributed by atoms with Gasteiger partial charge in [0, 0.05) is 12.6 Å². The first-order valence-corrected chi connectivity index (χ1v) is 4.98. The second kappa shape index (κ2) is 5.29. The summed E-state index contributed by atoms with van der Waals surface area (Å²) in [7, 11) is 1.63. The molecule has 1 aromatic carbocycles. The van der Waals surface area contributed by atoms with Gasteiger partial charge in [-0.25, -0.2) is 0 Å². The third kappa shape index (κ3) is 2.59. The predicted molar refractivity (Wildman–Crippen MR) is 59.8 cm³/mol. The normalized spacial score (nSPS) is 11.6. The van der Waals surface area contributed by atoms with Crippen LogP contribution in [0, 0.1) is 11.3 Å². The zero-order valence-corrected chi connectivity index (χ0v) is 9.34. The number of hydrogen-bond acceptors (Lipinski definition) is 3. The van der Waals surface area contributed by atoms with Gasteiger partial charge in [0.05, 0.1) is 24.3 Å². The summed E-state index contributed by atoms with van der Waals surface area (Å²) in [6.07, 6.45) is 0. The van der Waals surface area contributed by atoms with Gasteiger partial charge in [0.1, 0.15) is 0 Å². The summed E-state index contributed by atoms with van der Waals surface area (Å²) >= 11 is 0. The molecule has 0 saturated heterocycles. The molecule has 1 aromatic rings. The lowest BCUT2D eigenvalue weighted by atomic mass is 10.1.